The molecule has 1 amide bonds. The van der Waals surface area contributed by atoms with Crippen LogP contribution in [0.5, 0.6) is 5.75 Å². The highest BCUT2D eigenvalue weighted by molar-refractivity contribution is 5.94. The van der Waals surface area contributed by atoms with Gasteiger partial charge in [-0.1, -0.05) is 18.2 Å². The second-order valence-electron chi connectivity index (χ2n) is 5.77. The van der Waals surface area contributed by atoms with E-state index in [-0.39, 0.29) is 30.3 Å². The molecule has 1 atom stereocenters. The fourth-order valence-electron chi connectivity index (χ4n) is 2.76. The Labute approximate surface area is 153 Å². The third kappa shape index (κ3) is 4.56. The van der Waals surface area contributed by atoms with E-state index in [1.165, 1.54) is 35.2 Å². The Morgan fingerprint density at radius 3 is 2.70 bits per heavy atom. The van der Waals surface area contributed by atoms with Gasteiger partial charge in [0, 0.05) is 6.54 Å². The number of alkyl halides is 2. The van der Waals surface area contributed by atoms with Crippen molar-refractivity contribution in [1.82, 2.24) is 9.88 Å². The molecule has 3 rings (SSSR count). The van der Waals surface area contributed by atoms with E-state index in [4.69, 9.17) is 9.84 Å². The molecule has 2 aromatic rings. The predicted octanol–water partition coefficient (Wildman–Crippen LogP) is 2.59. The van der Waals surface area contributed by atoms with Crippen LogP contribution in [0.25, 0.3) is 0 Å². The molecule has 1 aliphatic rings. The number of amides is 1. The van der Waals surface area contributed by atoms with E-state index in [0.29, 0.717) is 12.1 Å². The number of halogens is 2. The van der Waals surface area contributed by atoms with Crippen molar-refractivity contribution >= 4 is 11.9 Å². The van der Waals surface area contributed by atoms with Gasteiger partial charge in [-0.15, -0.1) is 0 Å². The number of carbonyl (C=O) groups excluding carboxylic acids is 1. The summed E-state index contributed by atoms with van der Waals surface area (Å²) in [5.41, 5.74) is 0.394. The zero-order valence-corrected chi connectivity index (χ0v) is 14.0. The van der Waals surface area contributed by atoms with Crippen molar-refractivity contribution in [3.8, 4) is 5.75 Å². The lowest BCUT2D eigenvalue weighted by molar-refractivity contribution is -0.0504. The smallest absolute Gasteiger partial charge is 0.387 e. The highest BCUT2D eigenvalue weighted by Gasteiger charge is 2.27. The molecule has 0 saturated carbocycles. The van der Waals surface area contributed by atoms with Gasteiger partial charge in [-0.25, -0.2) is 9.78 Å². The van der Waals surface area contributed by atoms with Crippen LogP contribution in [0, 0.1) is 0 Å². The molecule has 0 bridgehead atoms. The molecule has 1 unspecified atom stereocenters. The SMILES string of the molecule is O=C(O)c1cccc(C(=O)N2CCOC(c3cccc(OC(F)F)c3)C2)n1. The number of benzene rings is 1. The Hall–Kier alpha value is -3.07. The summed E-state index contributed by atoms with van der Waals surface area (Å²) in [6.45, 7) is -2.20. The van der Waals surface area contributed by atoms with Crippen LogP contribution in [0.15, 0.2) is 42.5 Å². The maximum Gasteiger partial charge on any atom is 0.387 e. The number of hydrogen-bond donors (Lipinski definition) is 1. The number of carboxylic acid groups (broad SMARTS) is 1. The lowest BCUT2D eigenvalue weighted by Gasteiger charge is -2.33. The topological polar surface area (TPSA) is 89.0 Å². The van der Waals surface area contributed by atoms with E-state index in [1.54, 1.807) is 12.1 Å². The summed E-state index contributed by atoms with van der Waals surface area (Å²) in [4.78, 5) is 29.0. The van der Waals surface area contributed by atoms with Crippen molar-refractivity contribution in [2.75, 3.05) is 19.7 Å². The quantitative estimate of drug-likeness (QED) is 0.860. The maximum absolute atomic E-state index is 12.7. The van der Waals surface area contributed by atoms with Gasteiger partial charge in [0.25, 0.3) is 5.91 Å². The second kappa shape index (κ2) is 8.09. The van der Waals surface area contributed by atoms with E-state index in [1.807, 2.05) is 0 Å². The molecule has 27 heavy (non-hydrogen) atoms. The highest BCUT2D eigenvalue weighted by atomic mass is 19.3. The van der Waals surface area contributed by atoms with E-state index in [9.17, 15) is 18.4 Å². The van der Waals surface area contributed by atoms with Crippen LogP contribution in [0.1, 0.15) is 32.6 Å². The van der Waals surface area contributed by atoms with Gasteiger partial charge < -0.3 is 19.5 Å². The fraction of sp³-hybridized carbons (Fsp3) is 0.278. The molecule has 9 heteroatoms. The summed E-state index contributed by atoms with van der Waals surface area (Å²) in [5.74, 6) is -1.64. The lowest BCUT2D eigenvalue weighted by atomic mass is 10.1. The van der Waals surface area contributed by atoms with E-state index >= 15 is 0 Å². The predicted molar refractivity (Wildman–Crippen MR) is 88.9 cm³/mol. The average molecular weight is 378 g/mol. The third-order valence-electron chi connectivity index (χ3n) is 4.00. The zero-order chi connectivity index (χ0) is 19.4. The van der Waals surface area contributed by atoms with Gasteiger partial charge in [0.05, 0.1) is 13.2 Å². The van der Waals surface area contributed by atoms with Gasteiger partial charge in [-0.05, 0) is 29.8 Å². The minimum absolute atomic E-state index is 0.00498. The minimum Gasteiger partial charge on any atom is -0.477 e. The molecule has 1 aromatic carbocycles. The molecule has 2 heterocycles. The summed E-state index contributed by atoms with van der Waals surface area (Å²) in [7, 11) is 0. The van der Waals surface area contributed by atoms with Crippen LogP contribution in [-0.2, 0) is 4.74 Å². The number of hydrogen-bond acceptors (Lipinski definition) is 5. The molecular weight excluding hydrogens is 362 g/mol. The summed E-state index contributed by atoms with van der Waals surface area (Å²) in [6.07, 6.45) is -0.522. The normalized spacial score (nSPS) is 17.0. The lowest BCUT2D eigenvalue weighted by Crippen LogP contribution is -2.42. The first-order chi connectivity index (χ1) is 12.9. The van der Waals surface area contributed by atoms with Crippen LogP contribution in [0.2, 0.25) is 0 Å². The Bertz CT molecular complexity index is 846. The number of nitrogens with zero attached hydrogens (tertiary/aromatic N) is 2. The number of carbonyl (C=O) groups is 2. The van der Waals surface area contributed by atoms with Crippen LogP contribution in [0.4, 0.5) is 8.78 Å². The molecule has 142 valence electrons. The number of pyridine rings is 1. The second-order valence-corrected chi connectivity index (χ2v) is 5.77. The molecular formula is C18H16F2N2O5. The largest absolute Gasteiger partial charge is 0.477 e. The Morgan fingerprint density at radius 2 is 1.96 bits per heavy atom. The standard InChI is InChI=1S/C18H16F2N2O5/c19-18(20)27-12-4-1-3-11(9-12)15-10-22(7-8-26-15)16(23)13-5-2-6-14(21-13)17(24)25/h1-6,9,15,18H,7-8,10H2,(H,24,25). The molecule has 7 nitrogen and oxygen atoms in total. The van der Waals surface area contributed by atoms with Crippen molar-refractivity contribution in [3.63, 3.8) is 0 Å². The Balaban J connectivity index is 1.75. The van der Waals surface area contributed by atoms with E-state index < -0.39 is 24.6 Å². The molecule has 1 aromatic heterocycles. The van der Waals surface area contributed by atoms with Gasteiger partial charge in [0.2, 0.25) is 0 Å². The van der Waals surface area contributed by atoms with Gasteiger partial charge in [0.1, 0.15) is 23.2 Å². The van der Waals surface area contributed by atoms with Gasteiger partial charge in [0.15, 0.2) is 0 Å². The van der Waals surface area contributed by atoms with Gasteiger partial charge >= 0.3 is 12.6 Å². The van der Waals surface area contributed by atoms with Crippen molar-refractivity contribution in [3.05, 3.63) is 59.4 Å². The molecule has 0 aliphatic carbocycles. The molecule has 0 radical (unpaired) electrons. The first-order valence-electron chi connectivity index (χ1n) is 8.10. The number of ether oxygens (including phenoxy) is 2. The van der Waals surface area contributed by atoms with Crippen LogP contribution < -0.4 is 4.74 Å². The van der Waals surface area contributed by atoms with Crippen LogP contribution in [-0.4, -0.2) is 53.2 Å². The molecule has 0 spiro atoms. The van der Waals surface area contributed by atoms with Crippen LogP contribution in [0.3, 0.4) is 0 Å². The van der Waals surface area contributed by atoms with Gasteiger partial charge in [-0.2, -0.15) is 8.78 Å². The maximum atomic E-state index is 12.7. The fourth-order valence-corrected chi connectivity index (χ4v) is 2.76. The van der Waals surface area contributed by atoms with Crippen LogP contribution >= 0.6 is 0 Å². The molecule has 1 saturated heterocycles. The number of rotatable bonds is 5. The number of carboxylic acids is 1. The Kier molecular flexibility index (Phi) is 5.60. The van der Waals surface area contributed by atoms with E-state index in [0.717, 1.165) is 0 Å². The minimum atomic E-state index is -2.93. The zero-order valence-electron chi connectivity index (χ0n) is 14.0. The number of morpholine rings is 1. The number of aromatic carboxylic acids is 1. The van der Waals surface area contributed by atoms with E-state index in [2.05, 4.69) is 9.72 Å². The summed E-state index contributed by atoms with van der Waals surface area (Å²) < 4.78 is 34.8. The highest BCUT2D eigenvalue weighted by Crippen LogP contribution is 2.26. The van der Waals surface area contributed by atoms with Crippen molar-refractivity contribution in [2.24, 2.45) is 0 Å². The van der Waals surface area contributed by atoms with Crippen molar-refractivity contribution in [2.45, 2.75) is 12.7 Å². The van der Waals surface area contributed by atoms with Gasteiger partial charge in [-0.3, -0.25) is 4.79 Å². The first kappa shape index (κ1) is 18.7. The summed E-state index contributed by atoms with van der Waals surface area (Å²) in [5, 5.41) is 9.01. The average Bonchev–Trinajstić information content (AvgIpc) is 2.67. The first-order valence-corrected chi connectivity index (χ1v) is 8.10. The summed E-state index contributed by atoms with van der Waals surface area (Å²) >= 11 is 0. The molecule has 1 aliphatic heterocycles. The molecule has 1 N–H and O–H groups in total. The monoisotopic (exact) mass is 378 g/mol. The third-order valence-corrected chi connectivity index (χ3v) is 4.00. The Morgan fingerprint density at radius 1 is 1.22 bits per heavy atom. The number of aromatic nitrogens is 1. The van der Waals surface area contributed by atoms with Crippen molar-refractivity contribution in [1.29, 1.82) is 0 Å². The molecule has 1 fully saturated rings. The van der Waals surface area contributed by atoms with Crippen molar-refractivity contribution < 1.29 is 33.0 Å². The summed E-state index contributed by atoms with van der Waals surface area (Å²) in [6, 6.07) is 10.3.